The number of halogens is 1. The number of aromatic nitrogens is 2. The average molecular weight is 367 g/mol. The van der Waals surface area contributed by atoms with Crippen LogP contribution < -0.4 is 4.74 Å². The van der Waals surface area contributed by atoms with Gasteiger partial charge in [0.25, 0.3) is 0 Å². The Morgan fingerprint density at radius 1 is 1.36 bits per heavy atom. The van der Waals surface area contributed by atoms with Gasteiger partial charge >= 0.3 is 0 Å². The van der Waals surface area contributed by atoms with Crippen molar-refractivity contribution in [1.29, 1.82) is 0 Å². The summed E-state index contributed by atoms with van der Waals surface area (Å²) in [5.41, 5.74) is 0. The zero-order valence-electron chi connectivity index (χ0n) is 14.5. The molecule has 0 aliphatic carbocycles. The van der Waals surface area contributed by atoms with E-state index in [2.05, 4.69) is 23.4 Å². The molecule has 1 aromatic carbocycles. The van der Waals surface area contributed by atoms with Crippen molar-refractivity contribution in [3.05, 3.63) is 42.2 Å². The zero-order chi connectivity index (χ0) is 18.2. The highest BCUT2D eigenvalue weighted by molar-refractivity contribution is 7.89. The Hall–Kier alpha value is -1.93. The summed E-state index contributed by atoms with van der Waals surface area (Å²) in [4.78, 5) is 4.30. The van der Waals surface area contributed by atoms with Crippen molar-refractivity contribution in [3.8, 4) is 5.75 Å². The molecule has 0 saturated carbocycles. The lowest BCUT2D eigenvalue weighted by Crippen LogP contribution is -2.51. The summed E-state index contributed by atoms with van der Waals surface area (Å²) in [5.74, 6) is 0.891. The first-order valence-corrected chi connectivity index (χ1v) is 9.61. The van der Waals surface area contributed by atoms with Crippen LogP contribution in [-0.4, -0.2) is 42.5 Å². The summed E-state index contributed by atoms with van der Waals surface area (Å²) in [6.07, 6.45) is 3.69. The Bertz CT molecular complexity index is 858. The van der Waals surface area contributed by atoms with Crippen molar-refractivity contribution in [3.63, 3.8) is 0 Å². The highest BCUT2D eigenvalue weighted by Crippen LogP contribution is 2.29. The Morgan fingerprint density at radius 3 is 2.68 bits per heavy atom. The molecule has 1 saturated heterocycles. The van der Waals surface area contributed by atoms with Crippen molar-refractivity contribution in [2.24, 2.45) is 5.92 Å². The average Bonchev–Trinajstić information content (AvgIpc) is 2.98. The van der Waals surface area contributed by atoms with Gasteiger partial charge in [0.1, 0.15) is 5.82 Å². The van der Waals surface area contributed by atoms with Gasteiger partial charge in [0, 0.05) is 43.9 Å². The van der Waals surface area contributed by atoms with Crippen LogP contribution in [0.5, 0.6) is 5.75 Å². The highest BCUT2D eigenvalue weighted by Gasteiger charge is 2.37. The normalized spacial score (nSPS) is 16.2. The van der Waals surface area contributed by atoms with Gasteiger partial charge < -0.3 is 9.30 Å². The molecular formula is C17H22FN3O3S. The molecule has 6 nitrogen and oxygen atoms in total. The second-order valence-electron chi connectivity index (χ2n) is 6.58. The third kappa shape index (κ3) is 3.41. The van der Waals surface area contributed by atoms with E-state index in [1.54, 1.807) is 6.20 Å². The van der Waals surface area contributed by atoms with Gasteiger partial charge in [0.15, 0.2) is 11.6 Å². The molecule has 0 bridgehead atoms. The number of rotatable bonds is 6. The lowest BCUT2D eigenvalue weighted by Gasteiger charge is -2.38. The standard InChI is InChI=1S/C17H22FN3O3S/c1-12(2)17-19-6-7-20(17)9-13-10-21(11-13)25(22,23)14-4-5-16(24-3)15(18)8-14/h4-8,12-13H,9-11H2,1-3H3. The van der Waals surface area contributed by atoms with Crippen molar-refractivity contribution in [1.82, 2.24) is 13.9 Å². The van der Waals surface area contributed by atoms with E-state index in [0.29, 0.717) is 19.0 Å². The van der Waals surface area contributed by atoms with Crippen LogP contribution in [0.3, 0.4) is 0 Å². The van der Waals surface area contributed by atoms with Gasteiger partial charge in [-0.15, -0.1) is 0 Å². The first kappa shape index (κ1) is 17.9. The van der Waals surface area contributed by atoms with E-state index in [1.807, 2.05) is 6.20 Å². The number of hydrogen-bond acceptors (Lipinski definition) is 4. The van der Waals surface area contributed by atoms with E-state index in [0.717, 1.165) is 18.4 Å². The summed E-state index contributed by atoms with van der Waals surface area (Å²) in [7, 11) is -2.33. The van der Waals surface area contributed by atoms with Gasteiger partial charge in [0.05, 0.1) is 12.0 Å². The monoisotopic (exact) mass is 367 g/mol. The fourth-order valence-electron chi connectivity index (χ4n) is 3.04. The van der Waals surface area contributed by atoms with E-state index in [-0.39, 0.29) is 16.6 Å². The molecule has 1 aliphatic heterocycles. The fourth-order valence-corrected chi connectivity index (χ4v) is 4.65. The van der Waals surface area contributed by atoms with Crippen molar-refractivity contribution in [2.75, 3.05) is 20.2 Å². The molecule has 0 N–H and O–H groups in total. The summed E-state index contributed by atoms with van der Waals surface area (Å²) in [5, 5.41) is 0. The second-order valence-corrected chi connectivity index (χ2v) is 8.51. The highest BCUT2D eigenvalue weighted by atomic mass is 32.2. The maximum absolute atomic E-state index is 13.8. The van der Waals surface area contributed by atoms with Crippen LogP contribution in [0, 0.1) is 11.7 Å². The molecule has 136 valence electrons. The minimum absolute atomic E-state index is 0.0294. The summed E-state index contributed by atoms with van der Waals surface area (Å²) in [6, 6.07) is 3.71. The van der Waals surface area contributed by atoms with Crippen molar-refractivity contribution >= 4 is 10.0 Å². The molecule has 2 heterocycles. The minimum atomic E-state index is -3.68. The fraction of sp³-hybridized carbons (Fsp3) is 0.471. The number of sulfonamides is 1. The first-order chi connectivity index (χ1) is 11.8. The molecule has 8 heteroatoms. The molecule has 1 aliphatic rings. The Morgan fingerprint density at radius 2 is 2.08 bits per heavy atom. The first-order valence-electron chi connectivity index (χ1n) is 8.17. The maximum Gasteiger partial charge on any atom is 0.243 e. The van der Waals surface area contributed by atoms with Gasteiger partial charge in [-0.05, 0) is 18.2 Å². The molecule has 0 amide bonds. The van der Waals surface area contributed by atoms with Gasteiger partial charge in [-0.25, -0.2) is 17.8 Å². The Kier molecular flexibility index (Phi) is 4.83. The van der Waals surface area contributed by atoms with Crippen LogP contribution >= 0.6 is 0 Å². The van der Waals surface area contributed by atoms with E-state index < -0.39 is 15.8 Å². The maximum atomic E-state index is 13.8. The zero-order valence-corrected chi connectivity index (χ0v) is 15.3. The predicted octanol–water partition coefficient (Wildman–Crippen LogP) is 2.47. The largest absolute Gasteiger partial charge is 0.494 e. The van der Waals surface area contributed by atoms with Crippen LogP contribution in [0.2, 0.25) is 0 Å². The Labute approximate surface area is 147 Å². The van der Waals surface area contributed by atoms with Crippen molar-refractivity contribution in [2.45, 2.75) is 31.2 Å². The Balaban J connectivity index is 1.67. The van der Waals surface area contributed by atoms with E-state index >= 15 is 0 Å². The van der Waals surface area contributed by atoms with Gasteiger partial charge in [-0.2, -0.15) is 4.31 Å². The van der Waals surface area contributed by atoms with E-state index in [1.165, 1.54) is 23.5 Å². The SMILES string of the molecule is COc1ccc(S(=O)(=O)N2CC(Cn3ccnc3C(C)C)C2)cc1F. The van der Waals surface area contributed by atoms with E-state index in [4.69, 9.17) is 4.74 Å². The van der Waals surface area contributed by atoms with Crippen molar-refractivity contribution < 1.29 is 17.5 Å². The van der Waals surface area contributed by atoms with Gasteiger partial charge in [0.2, 0.25) is 10.0 Å². The molecule has 2 aromatic rings. The van der Waals surface area contributed by atoms with Gasteiger partial charge in [-0.1, -0.05) is 13.8 Å². The second kappa shape index (κ2) is 6.76. The number of imidazole rings is 1. The molecule has 3 rings (SSSR count). The molecule has 0 radical (unpaired) electrons. The topological polar surface area (TPSA) is 64.4 Å². The number of benzene rings is 1. The smallest absolute Gasteiger partial charge is 0.243 e. The van der Waals surface area contributed by atoms with Crippen LogP contribution in [0.4, 0.5) is 4.39 Å². The molecule has 0 atom stereocenters. The lowest BCUT2D eigenvalue weighted by atomic mass is 10.0. The number of nitrogens with zero attached hydrogens (tertiary/aromatic N) is 3. The quantitative estimate of drug-likeness (QED) is 0.787. The molecule has 1 fully saturated rings. The number of hydrogen-bond donors (Lipinski definition) is 0. The summed E-state index contributed by atoms with van der Waals surface area (Å²) >= 11 is 0. The predicted molar refractivity (Wildman–Crippen MR) is 91.5 cm³/mol. The summed E-state index contributed by atoms with van der Waals surface area (Å²) < 4.78 is 47.3. The third-order valence-corrected chi connectivity index (χ3v) is 6.23. The minimum Gasteiger partial charge on any atom is -0.494 e. The van der Waals surface area contributed by atoms with Crippen LogP contribution in [0.25, 0.3) is 0 Å². The van der Waals surface area contributed by atoms with Crippen LogP contribution in [0.15, 0.2) is 35.5 Å². The van der Waals surface area contributed by atoms with Gasteiger partial charge in [-0.3, -0.25) is 0 Å². The lowest BCUT2D eigenvalue weighted by molar-refractivity contribution is 0.178. The molecule has 1 aromatic heterocycles. The van der Waals surface area contributed by atoms with Crippen LogP contribution in [-0.2, 0) is 16.6 Å². The molecule has 0 unspecified atom stereocenters. The summed E-state index contributed by atoms with van der Waals surface area (Å²) in [6.45, 7) is 5.73. The number of ether oxygens (including phenoxy) is 1. The number of methoxy groups -OCH3 is 1. The van der Waals surface area contributed by atoms with Crippen LogP contribution in [0.1, 0.15) is 25.6 Å². The molecular weight excluding hydrogens is 345 g/mol. The molecule has 0 spiro atoms. The van der Waals surface area contributed by atoms with E-state index in [9.17, 15) is 12.8 Å². The third-order valence-electron chi connectivity index (χ3n) is 4.40. The molecule has 25 heavy (non-hydrogen) atoms.